The standard InChI is InChI=1S/C10H20NO2P/c1-7(2)11(8(3)4)14(12)5-9-10(6-14)13-9/h7-10H,5-6H2,1-4H3/t9-,10+,14?. The number of rotatable bonds is 3. The van der Waals surface area contributed by atoms with E-state index in [4.69, 9.17) is 4.74 Å². The van der Waals surface area contributed by atoms with Gasteiger partial charge in [-0.25, -0.2) is 4.67 Å². The van der Waals surface area contributed by atoms with E-state index < -0.39 is 7.29 Å². The van der Waals surface area contributed by atoms with Crippen molar-refractivity contribution in [1.82, 2.24) is 4.67 Å². The zero-order chi connectivity index (χ0) is 10.5. The maximum absolute atomic E-state index is 12.7. The maximum atomic E-state index is 12.7. The van der Waals surface area contributed by atoms with Gasteiger partial charge in [0.2, 0.25) is 0 Å². The van der Waals surface area contributed by atoms with Crippen molar-refractivity contribution in [2.75, 3.05) is 12.3 Å². The fraction of sp³-hybridized carbons (Fsp3) is 1.00. The molecule has 14 heavy (non-hydrogen) atoms. The normalized spacial score (nSPS) is 41.1. The van der Waals surface area contributed by atoms with Gasteiger partial charge in [0.25, 0.3) is 0 Å². The molecule has 2 saturated heterocycles. The molecule has 4 heteroatoms. The van der Waals surface area contributed by atoms with E-state index >= 15 is 0 Å². The van der Waals surface area contributed by atoms with E-state index in [1.807, 2.05) is 0 Å². The predicted molar refractivity (Wildman–Crippen MR) is 58.1 cm³/mol. The van der Waals surface area contributed by atoms with E-state index in [9.17, 15) is 4.57 Å². The topological polar surface area (TPSA) is 32.8 Å². The highest BCUT2D eigenvalue weighted by atomic mass is 31.2. The summed E-state index contributed by atoms with van der Waals surface area (Å²) in [6.45, 7) is 8.52. The summed E-state index contributed by atoms with van der Waals surface area (Å²) in [6, 6.07) is 0.747. The van der Waals surface area contributed by atoms with Gasteiger partial charge in [0, 0.05) is 24.4 Å². The van der Waals surface area contributed by atoms with Crippen molar-refractivity contribution in [3.8, 4) is 0 Å². The van der Waals surface area contributed by atoms with Crippen molar-refractivity contribution < 1.29 is 9.30 Å². The monoisotopic (exact) mass is 217 g/mol. The van der Waals surface area contributed by atoms with Crippen LogP contribution in [0.25, 0.3) is 0 Å². The Labute approximate surface area is 86.2 Å². The molecule has 1 unspecified atom stereocenters. The van der Waals surface area contributed by atoms with Crippen LogP contribution in [0, 0.1) is 0 Å². The molecule has 0 radical (unpaired) electrons. The second kappa shape index (κ2) is 3.33. The van der Waals surface area contributed by atoms with Crippen LogP contribution < -0.4 is 0 Å². The molecule has 2 aliphatic heterocycles. The van der Waals surface area contributed by atoms with Crippen molar-refractivity contribution in [3.63, 3.8) is 0 Å². The Balaban J connectivity index is 2.14. The zero-order valence-electron chi connectivity index (χ0n) is 9.43. The van der Waals surface area contributed by atoms with E-state index in [0.29, 0.717) is 24.3 Å². The molecule has 0 spiro atoms. The first kappa shape index (κ1) is 10.7. The Hall–Kier alpha value is 0.150. The van der Waals surface area contributed by atoms with Crippen molar-refractivity contribution in [2.45, 2.75) is 52.0 Å². The lowest BCUT2D eigenvalue weighted by Gasteiger charge is -2.36. The highest BCUT2D eigenvalue weighted by Crippen LogP contribution is 2.62. The molecule has 3 nitrogen and oxygen atoms in total. The van der Waals surface area contributed by atoms with Gasteiger partial charge in [-0.05, 0) is 27.7 Å². The number of epoxide rings is 1. The average Bonchev–Trinajstić information content (AvgIpc) is 2.56. The number of fused-ring (bicyclic) bond motifs is 1. The summed E-state index contributed by atoms with van der Waals surface area (Å²) >= 11 is 0. The molecule has 2 fully saturated rings. The van der Waals surface area contributed by atoms with E-state index in [1.54, 1.807) is 0 Å². The van der Waals surface area contributed by atoms with Gasteiger partial charge in [0.05, 0.1) is 12.2 Å². The average molecular weight is 217 g/mol. The lowest BCUT2D eigenvalue weighted by Crippen LogP contribution is -2.35. The van der Waals surface area contributed by atoms with Gasteiger partial charge in [-0.1, -0.05) is 0 Å². The summed E-state index contributed by atoms with van der Waals surface area (Å²) in [5, 5.41) is 0. The maximum Gasteiger partial charge on any atom is 0.156 e. The van der Waals surface area contributed by atoms with Gasteiger partial charge in [0.15, 0.2) is 7.29 Å². The van der Waals surface area contributed by atoms with Crippen molar-refractivity contribution in [3.05, 3.63) is 0 Å². The fourth-order valence-electron chi connectivity index (χ4n) is 2.76. The van der Waals surface area contributed by atoms with Crippen LogP contribution in [0.4, 0.5) is 0 Å². The number of nitrogens with zero attached hydrogens (tertiary/aromatic N) is 1. The van der Waals surface area contributed by atoms with E-state index in [2.05, 4.69) is 32.4 Å². The number of hydrogen-bond acceptors (Lipinski definition) is 2. The third-order valence-electron chi connectivity index (χ3n) is 3.10. The van der Waals surface area contributed by atoms with Gasteiger partial charge < -0.3 is 9.30 Å². The Morgan fingerprint density at radius 1 is 1.14 bits per heavy atom. The molecule has 0 amide bonds. The minimum Gasteiger partial charge on any atom is -0.368 e. The van der Waals surface area contributed by atoms with Crippen LogP contribution in [0.5, 0.6) is 0 Å². The number of ether oxygens (including phenoxy) is 1. The molecule has 0 saturated carbocycles. The smallest absolute Gasteiger partial charge is 0.156 e. The minimum atomic E-state index is -2.09. The highest BCUT2D eigenvalue weighted by Gasteiger charge is 2.56. The molecular weight excluding hydrogens is 197 g/mol. The van der Waals surface area contributed by atoms with Gasteiger partial charge in [-0.2, -0.15) is 0 Å². The second-order valence-corrected chi connectivity index (χ2v) is 7.88. The van der Waals surface area contributed by atoms with Crippen LogP contribution in [-0.4, -0.2) is 41.3 Å². The van der Waals surface area contributed by atoms with Gasteiger partial charge >= 0.3 is 0 Å². The number of hydrogen-bond donors (Lipinski definition) is 0. The highest BCUT2D eigenvalue weighted by molar-refractivity contribution is 7.62. The minimum absolute atomic E-state index is 0.320. The molecule has 2 rings (SSSR count). The zero-order valence-corrected chi connectivity index (χ0v) is 10.3. The van der Waals surface area contributed by atoms with E-state index in [0.717, 1.165) is 12.3 Å². The molecule has 0 bridgehead atoms. The second-order valence-electron chi connectivity index (χ2n) is 4.99. The van der Waals surface area contributed by atoms with E-state index in [-0.39, 0.29) is 0 Å². The Morgan fingerprint density at radius 3 is 1.93 bits per heavy atom. The largest absolute Gasteiger partial charge is 0.368 e. The molecule has 82 valence electrons. The third-order valence-corrected chi connectivity index (χ3v) is 6.72. The van der Waals surface area contributed by atoms with Crippen LogP contribution in [0.15, 0.2) is 0 Å². The summed E-state index contributed by atoms with van der Waals surface area (Å²) < 4.78 is 20.3. The Bertz CT molecular complexity index is 255. The predicted octanol–water partition coefficient (Wildman–Crippen LogP) is 2.16. The first-order chi connectivity index (χ1) is 6.44. The fourth-order valence-corrected chi connectivity index (χ4v) is 6.74. The summed E-state index contributed by atoms with van der Waals surface area (Å²) in [6.07, 6.45) is 2.21. The van der Waals surface area contributed by atoms with Crippen LogP contribution in [-0.2, 0) is 9.30 Å². The van der Waals surface area contributed by atoms with Crippen LogP contribution in [0.3, 0.4) is 0 Å². The van der Waals surface area contributed by atoms with Crippen molar-refractivity contribution in [2.24, 2.45) is 0 Å². The van der Waals surface area contributed by atoms with Gasteiger partial charge in [0.1, 0.15) is 0 Å². The van der Waals surface area contributed by atoms with E-state index in [1.165, 1.54) is 0 Å². The molecule has 0 aliphatic carbocycles. The molecule has 3 atom stereocenters. The lowest BCUT2D eigenvalue weighted by molar-refractivity contribution is 0.289. The molecule has 0 aromatic rings. The molecule has 2 aliphatic rings. The quantitative estimate of drug-likeness (QED) is 0.536. The van der Waals surface area contributed by atoms with Gasteiger partial charge in [-0.15, -0.1) is 0 Å². The molecule has 0 aromatic carbocycles. The van der Waals surface area contributed by atoms with Gasteiger partial charge in [-0.3, -0.25) is 0 Å². The third kappa shape index (κ3) is 1.66. The summed E-state index contributed by atoms with van der Waals surface area (Å²) in [4.78, 5) is 0. The molecule has 0 N–H and O–H groups in total. The molecular formula is C10H20NO2P. The van der Waals surface area contributed by atoms with Crippen LogP contribution in [0.2, 0.25) is 0 Å². The summed E-state index contributed by atoms with van der Waals surface area (Å²) in [5.74, 6) is 0. The van der Waals surface area contributed by atoms with Crippen molar-refractivity contribution in [1.29, 1.82) is 0 Å². The first-order valence-electron chi connectivity index (χ1n) is 5.46. The SMILES string of the molecule is CC(C)N(C(C)C)P1(=O)C[C@@H]2O[C@@H]2C1. The molecule has 0 aromatic heterocycles. The first-order valence-corrected chi connectivity index (χ1v) is 7.49. The molecule has 2 heterocycles. The summed E-state index contributed by atoms with van der Waals surface area (Å²) in [7, 11) is -2.09. The lowest BCUT2D eigenvalue weighted by atomic mass is 10.3. The summed E-state index contributed by atoms with van der Waals surface area (Å²) in [5.41, 5.74) is 0. The Kier molecular flexibility index (Phi) is 2.53. The van der Waals surface area contributed by atoms with Crippen molar-refractivity contribution >= 4 is 7.29 Å². The van der Waals surface area contributed by atoms with Crippen LogP contribution in [0.1, 0.15) is 27.7 Å². The van der Waals surface area contributed by atoms with Crippen LogP contribution >= 0.6 is 7.29 Å². The Morgan fingerprint density at radius 2 is 1.57 bits per heavy atom.